The summed E-state index contributed by atoms with van der Waals surface area (Å²) in [5, 5.41) is 5.31. The Hall–Kier alpha value is -1.77. The average molecular weight is 200 g/mol. The van der Waals surface area contributed by atoms with Crippen LogP contribution in [0.15, 0.2) is 24.3 Å². The largest absolute Gasteiger partial charge is 0.337 e. The molecule has 2 aliphatic rings. The molecular weight excluding hydrogens is 188 g/mol. The summed E-state index contributed by atoms with van der Waals surface area (Å²) >= 11 is 0. The van der Waals surface area contributed by atoms with E-state index in [1.54, 1.807) is 0 Å². The lowest BCUT2D eigenvalue weighted by Gasteiger charge is -2.31. The van der Waals surface area contributed by atoms with Crippen LogP contribution in [-0.4, -0.2) is 24.0 Å². The van der Waals surface area contributed by atoms with Crippen molar-refractivity contribution < 1.29 is 4.79 Å². The average Bonchev–Trinajstić information content (AvgIpc) is 2.29. The monoisotopic (exact) mass is 200 g/mol. The van der Waals surface area contributed by atoms with Gasteiger partial charge in [0.15, 0.2) is 0 Å². The molecule has 3 nitrogen and oxygen atoms in total. The first-order valence-corrected chi connectivity index (χ1v) is 5.20. The second-order valence-electron chi connectivity index (χ2n) is 3.83. The third kappa shape index (κ3) is 1.23. The molecule has 1 aromatic carbocycles. The predicted octanol–water partition coefficient (Wildman–Crippen LogP) is 0.00420. The van der Waals surface area contributed by atoms with Crippen molar-refractivity contribution in [2.75, 3.05) is 13.1 Å². The zero-order valence-electron chi connectivity index (χ0n) is 8.36. The van der Waals surface area contributed by atoms with E-state index in [-0.39, 0.29) is 6.03 Å². The highest BCUT2D eigenvalue weighted by atomic mass is 16.2. The van der Waals surface area contributed by atoms with Gasteiger partial charge < -0.3 is 5.32 Å². The Morgan fingerprint density at radius 3 is 3.07 bits per heavy atom. The minimum absolute atomic E-state index is 0.0296. The fourth-order valence-corrected chi connectivity index (χ4v) is 2.24. The first-order chi connectivity index (χ1) is 7.36. The second-order valence-corrected chi connectivity index (χ2v) is 3.83. The molecule has 0 radical (unpaired) electrons. The number of fused-ring (bicyclic) bond motifs is 2. The highest BCUT2D eigenvalue weighted by molar-refractivity contribution is 5.84. The van der Waals surface area contributed by atoms with Crippen molar-refractivity contribution >= 4 is 17.8 Å². The van der Waals surface area contributed by atoms with Crippen molar-refractivity contribution in [2.24, 2.45) is 0 Å². The van der Waals surface area contributed by atoms with E-state index in [1.807, 2.05) is 17.0 Å². The van der Waals surface area contributed by atoms with E-state index in [2.05, 4.69) is 23.5 Å². The minimum Gasteiger partial charge on any atom is -0.337 e. The van der Waals surface area contributed by atoms with Gasteiger partial charge in [-0.2, -0.15) is 0 Å². The van der Waals surface area contributed by atoms with E-state index in [4.69, 9.17) is 0 Å². The third-order valence-electron chi connectivity index (χ3n) is 2.97. The minimum atomic E-state index is 0.0296. The van der Waals surface area contributed by atoms with Crippen molar-refractivity contribution in [2.45, 2.75) is 6.42 Å². The molecule has 2 heterocycles. The maximum absolute atomic E-state index is 11.6. The number of nitrogens with zero attached hydrogens (tertiary/aromatic N) is 1. The molecule has 3 rings (SSSR count). The van der Waals surface area contributed by atoms with E-state index < -0.39 is 0 Å². The summed E-state index contributed by atoms with van der Waals surface area (Å²) < 4.78 is 0. The van der Waals surface area contributed by atoms with Gasteiger partial charge >= 0.3 is 6.03 Å². The molecule has 1 N–H and O–H groups in total. The molecule has 0 unspecified atom stereocenters. The van der Waals surface area contributed by atoms with Crippen molar-refractivity contribution in [3.63, 3.8) is 0 Å². The fraction of sp³-hybridized carbons (Fsp3) is 0.250. The maximum Gasteiger partial charge on any atom is 0.321 e. The first-order valence-electron chi connectivity index (χ1n) is 5.20. The topological polar surface area (TPSA) is 32.3 Å². The lowest BCUT2D eigenvalue weighted by Crippen LogP contribution is -2.50. The lowest BCUT2D eigenvalue weighted by atomic mass is 10.1. The number of urea groups is 1. The number of nitrogens with one attached hydrogen (secondary N) is 1. The van der Waals surface area contributed by atoms with Crippen LogP contribution in [0.4, 0.5) is 4.79 Å². The Kier molecular flexibility index (Phi) is 1.78. The van der Waals surface area contributed by atoms with Gasteiger partial charge in [0.1, 0.15) is 0 Å². The highest BCUT2D eigenvalue weighted by Crippen LogP contribution is 2.14. The molecule has 76 valence electrons. The Bertz CT molecular complexity index is 533. The fourth-order valence-electron chi connectivity index (χ4n) is 2.24. The van der Waals surface area contributed by atoms with Crippen molar-refractivity contribution in [1.29, 1.82) is 0 Å². The van der Waals surface area contributed by atoms with E-state index in [9.17, 15) is 4.79 Å². The molecule has 0 spiro atoms. The Labute approximate surface area is 87.7 Å². The van der Waals surface area contributed by atoms with Crippen LogP contribution in [0.2, 0.25) is 0 Å². The van der Waals surface area contributed by atoms with Crippen molar-refractivity contribution in [1.82, 2.24) is 10.2 Å². The Morgan fingerprint density at radius 1 is 1.27 bits per heavy atom. The Balaban J connectivity index is 2.29. The molecular formula is C12H12N2O. The standard InChI is InChI=1S/C12H12N2O/c15-12-13-7-5-11-10-4-2-1-3-9(10)6-8-14(11)12/h1-4,6H,5,7-8H2,(H,13,15). The molecule has 15 heavy (non-hydrogen) atoms. The molecule has 0 bridgehead atoms. The smallest absolute Gasteiger partial charge is 0.321 e. The molecule has 0 aliphatic carbocycles. The number of rotatable bonds is 0. The Morgan fingerprint density at radius 2 is 2.13 bits per heavy atom. The van der Waals surface area contributed by atoms with Gasteiger partial charge in [-0.15, -0.1) is 0 Å². The van der Waals surface area contributed by atoms with Crippen molar-refractivity contribution in [3.8, 4) is 0 Å². The molecule has 1 saturated heterocycles. The van der Waals surface area contributed by atoms with Gasteiger partial charge in [-0.25, -0.2) is 4.79 Å². The van der Waals surface area contributed by atoms with Gasteiger partial charge in [0.25, 0.3) is 0 Å². The molecule has 1 fully saturated rings. The van der Waals surface area contributed by atoms with E-state index in [0.717, 1.165) is 18.7 Å². The predicted molar refractivity (Wildman–Crippen MR) is 58.3 cm³/mol. The zero-order valence-corrected chi connectivity index (χ0v) is 8.36. The number of hydrogen-bond acceptors (Lipinski definition) is 1. The van der Waals surface area contributed by atoms with Gasteiger partial charge in [0.05, 0.1) is 0 Å². The second kappa shape index (κ2) is 3.12. The molecule has 0 atom stereocenters. The summed E-state index contributed by atoms with van der Waals surface area (Å²) in [6.07, 6.45) is 3.03. The molecule has 1 aromatic rings. The van der Waals surface area contributed by atoms with Gasteiger partial charge in [0.2, 0.25) is 0 Å². The van der Waals surface area contributed by atoms with Crippen LogP contribution in [-0.2, 0) is 0 Å². The van der Waals surface area contributed by atoms with Crippen LogP contribution in [0, 0.1) is 0 Å². The number of carbonyl (C=O) groups is 1. The van der Waals surface area contributed by atoms with Crippen LogP contribution >= 0.6 is 0 Å². The number of amides is 2. The van der Waals surface area contributed by atoms with Gasteiger partial charge in [-0.05, 0) is 5.22 Å². The molecule has 0 aromatic heterocycles. The van der Waals surface area contributed by atoms with E-state index in [1.165, 1.54) is 10.4 Å². The molecule has 0 saturated carbocycles. The van der Waals surface area contributed by atoms with Crippen LogP contribution in [0.3, 0.4) is 0 Å². The van der Waals surface area contributed by atoms with Crippen molar-refractivity contribution in [3.05, 3.63) is 34.7 Å². The summed E-state index contributed by atoms with van der Waals surface area (Å²) in [6.45, 7) is 1.44. The van der Waals surface area contributed by atoms with E-state index >= 15 is 0 Å². The zero-order chi connectivity index (χ0) is 10.3. The van der Waals surface area contributed by atoms with Crippen LogP contribution in [0.1, 0.15) is 6.42 Å². The highest BCUT2D eigenvalue weighted by Gasteiger charge is 2.23. The number of benzene rings is 1. The van der Waals surface area contributed by atoms with Gasteiger partial charge in [-0.3, -0.25) is 4.90 Å². The third-order valence-corrected chi connectivity index (χ3v) is 2.97. The normalized spacial score (nSPS) is 18.8. The summed E-state index contributed by atoms with van der Waals surface area (Å²) in [5.41, 5.74) is 1.16. The van der Waals surface area contributed by atoms with Crippen LogP contribution in [0.5, 0.6) is 0 Å². The summed E-state index contributed by atoms with van der Waals surface area (Å²) in [7, 11) is 0. The first kappa shape index (κ1) is 8.53. The maximum atomic E-state index is 11.6. The lowest BCUT2D eigenvalue weighted by molar-refractivity contribution is 0.216. The van der Waals surface area contributed by atoms with Crippen LogP contribution < -0.4 is 15.8 Å². The quantitative estimate of drug-likeness (QED) is 0.628. The summed E-state index contributed by atoms with van der Waals surface area (Å²) in [5.74, 6) is 0. The van der Waals surface area contributed by atoms with Gasteiger partial charge in [-0.1, -0.05) is 30.3 Å². The number of carbonyl (C=O) groups excluding carboxylic acids is 1. The van der Waals surface area contributed by atoms with Crippen LogP contribution in [0.25, 0.3) is 11.8 Å². The SMILES string of the molecule is O=C1NCCC2=c3ccccc3=CCN12. The summed E-state index contributed by atoms with van der Waals surface area (Å²) in [6, 6.07) is 8.28. The van der Waals surface area contributed by atoms with Gasteiger partial charge in [0, 0.05) is 30.4 Å². The molecule has 3 heteroatoms. The molecule has 2 amide bonds. The number of hydrogen-bond donors (Lipinski definition) is 1. The molecule has 2 aliphatic heterocycles. The summed E-state index contributed by atoms with van der Waals surface area (Å²) in [4.78, 5) is 13.4. The van der Waals surface area contributed by atoms with E-state index in [0.29, 0.717) is 6.54 Å².